The van der Waals surface area contributed by atoms with Crippen LogP contribution >= 0.6 is 11.3 Å². The van der Waals surface area contributed by atoms with Crippen LogP contribution in [0.1, 0.15) is 41.6 Å². The number of thiazole rings is 1. The molecule has 0 radical (unpaired) electrons. The topological polar surface area (TPSA) is 91.4 Å². The molecule has 4 rings (SSSR count). The van der Waals surface area contributed by atoms with E-state index >= 15 is 0 Å². The predicted molar refractivity (Wildman–Crippen MR) is 103 cm³/mol. The van der Waals surface area contributed by atoms with Crippen molar-refractivity contribution in [3.05, 3.63) is 40.9 Å². The van der Waals surface area contributed by atoms with E-state index in [4.69, 9.17) is 0 Å². The van der Waals surface area contributed by atoms with E-state index in [1.165, 1.54) is 11.3 Å². The van der Waals surface area contributed by atoms with E-state index in [-0.39, 0.29) is 17.7 Å². The Morgan fingerprint density at radius 1 is 1.26 bits per heavy atom. The average molecular weight is 384 g/mol. The lowest BCUT2D eigenvalue weighted by Crippen LogP contribution is -2.43. The number of carbonyl (C=O) groups excluding carboxylic acids is 3. The summed E-state index contributed by atoms with van der Waals surface area (Å²) in [6.07, 6.45) is 5.07. The normalized spacial score (nSPS) is 19.2. The monoisotopic (exact) mass is 384 g/mol. The lowest BCUT2D eigenvalue weighted by Gasteiger charge is -2.24. The van der Waals surface area contributed by atoms with E-state index in [1.54, 1.807) is 28.6 Å². The number of nitrogens with one attached hydrogen (secondary N) is 2. The maximum absolute atomic E-state index is 13.0. The van der Waals surface area contributed by atoms with Crippen LogP contribution in [-0.4, -0.2) is 40.2 Å². The number of hydrogen-bond donors (Lipinski definition) is 2. The van der Waals surface area contributed by atoms with Crippen LogP contribution in [-0.2, 0) is 16.0 Å². The Bertz CT molecular complexity index is 881. The fourth-order valence-corrected chi connectivity index (χ4v) is 4.16. The summed E-state index contributed by atoms with van der Waals surface area (Å²) in [6, 6.07) is 4.87. The predicted octanol–water partition coefficient (Wildman–Crippen LogP) is 2.66. The number of benzene rings is 1. The Hall–Kier alpha value is -2.74. The number of nitrogens with zero attached hydrogens (tertiary/aromatic N) is 2. The van der Waals surface area contributed by atoms with Crippen molar-refractivity contribution in [2.75, 3.05) is 17.2 Å². The van der Waals surface area contributed by atoms with Gasteiger partial charge in [0.15, 0.2) is 5.13 Å². The zero-order valence-corrected chi connectivity index (χ0v) is 15.6. The second kappa shape index (κ2) is 7.48. The molecule has 0 aliphatic carbocycles. The number of carbonyl (C=O) groups is 3. The highest BCUT2D eigenvalue weighted by molar-refractivity contribution is 7.13. The molecule has 1 aromatic heterocycles. The molecule has 2 N–H and O–H groups in total. The molecule has 3 amide bonds. The molecule has 0 spiro atoms. The highest BCUT2D eigenvalue weighted by atomic mass is 32.1. The van der Waals surface area contributed by atoms with Crippen molar-refractivity contribution >= 4 is 39.9 Å². The van der Waals surface area contributed by atoms with Gasteiger partial charge >= 0.3 is 0 Å². The van der Waals surface area contributed by atoms with Crippen LogP contribution < -0.4 is 10.6 Å². The van der Waals surface area contributed by atoms with Gasteiger partial charge in [0, 0.05) is 35.8 Å². The van der Waals surface area contributed by atoms with Gasteiger partial charge in [-0.15, -0.1) is 11.3 Å². The Morgan fingerprint density at radius 3 is 2.96 bits per heavy atom. The van der Waals surface area contributed by atoms with Gasteiger partial charge in [-0.25, -0.2) is 4.98 Å². The van der Waals surface area contributed by atoms with Crippen molar-refractivity contribution in [1.82, 2.24) is 9.88 Å². The first-order valence-corrected chi connectivity index (χ1v) is 9.94. The minimum Gasteiger partial charge on any atom is -0.327 e. The van der Waals surface area contributed by atoms with Crippen LogP contribution in [0.25, 0.3) is 0 Å². The van der Waals surface area contributed by atoms with Crippen LogP contribution in [0.5, 0.6) is 0 Å². The van der Waals surface area contributed by atoms with Gasteiger partial charge in [0.25, 0.3) is 5.91 Å². The molecule has 0 saturated carbocycles. The van der Waals surface area contributed by atoms with Gasteiger partial charge in [0.05, 0.1) is 0 Å². The molecular formula is C19H20N4O3S. The number of aryl methyl sites for hydroxylation is 1. The van der Waals surface area contributed by atoms with E-state index in [1.807, 2.05) is 6.07 Å². The van der Waals surface area contributed by atoms with E-state index in [0.717, 1.165) is 30.5 Å². The molecular weight excluding hydrogens is 364 g/mol. The van der Waals surface area contributed by atoms with Crippen molar-refractivity contribution in [1.29, 1.82) is 0 Å². The van der Waals surface area contributed by atoms with Crippen molar-refractivity contribution in [3.8, 4) is 0 Å². The highest BCUT2D eigenvalue weighted by Gasteiger charge is 2.35. The molecule has 8 heteroatoms. The zero-order valence-electron chi connectivity index (χ0n) is 14.7. The lowest BCUT2D eigenvalue weighted by molar-refractivity contribution is -0.119. The first-order chi connectivity index (χ1) is 13.1. The number of likely N-dealkylation sites (tertiary alicyclic amines) is 1. The number of aromatic nitrogens is 1. The molecule has 1 saturated heterocycles. The Morgan fingerprint density at radius 2 is 2.15 bits per heavy atom. The molecule has 2 aromatic rings. The van der Waals surface area contributed by atoms with Gasteiger partial charge < -0.3 is 15.5 Å². The van der Waals surface area contributed by atoms with Crippen molar-refractivity contribution in [2.45, 2.75) is 38.1 Å². The minimum atomic E-state index is -0.486. The number of fused-ring (bicyclic) bond motifs is 1. The summed E-state index contributed by atoms with van der Waals surface area (Å²) in [5.41, 5.74) is 2.29. The van der Waals surface area contributed by atoms with Crippen LogP contribution in [0.3, 0.4) is 0 Å². The van der Waals surface area contributed by atoms with E-state index in [0.29, 0.717) is 30.1 Å². The summed E-state index contributed by atoms with van der Waals surface area (Å²) in [5, 5.41) is 8.00. The van der Waals surface area contributed by atoms with Gasteiger partial charge in [0.1, 0.15) is 6.04 Å². The number of amides is 3. The molecule has 27 heavy (non-hydrogen) atoms. The summed E-state index contributed by atoms with van der Waals surface area (Å²) in [4.78, 5) is 43.0. The molecule has 3 heterocycles. The van der Waals surface area contributed by atoms with Gasteiger partial charge in [0.2, 0.25) is 11.8 Å². The highest BCUT2D eigenvalue weighted by Crippen LogP contribution is 2.26. The van der Waals surface area contributed by atoms with E-state index in [9.17, 15) is 14.4 Å². The van der Waals surface area contributed by atoms with Gasteiger partial charge in [-0.2, -0.15) is 0 Å². The first-order valence-electron chi connectivity index (χ1n) is 9.06. The van der Waals surface area contributed by atoms with Crippen LogP contribution in [0.15, 0.2) is 29.8 Å². The summed E-state index contributed by atoms with van der Waals surface area (Å²) >= 11 is 1.35. The molecule has 1 aromatic carbocycles. The molecule has 2 aliphatic heterocycles. The smallest absolute Gasteiger partial charge is 0.254 e. The lowest BCUT2D eigenvalue weighted by atomic mass is 10.0. The number of hydrogen-bond acceptors (Lipinski definition) is 5. The Kier molecular flexibility index (Phi) is 4.89. The molecule has 140 valence electrons. The second-order valence-electron chi connectivity index (χ2n) is 6.76. The largest absolute Gasteiger partial charge is 0.327 e. The number of anilines is 2. The fourth-order valence-electron chi connectivity index (χ4n) is 3.63. The summed E-state index contributed by atoms with van der Waals surface area (Å²) in [7, 11) is 0. The SMILES string of the molecule is O=C1CCCc2cc(C(=O)N3CCC[C@H]3C(=O)Nc3nccs3)ccc2N1. The van der Waals surface area contributed by atoms with Crippen molar-refractivity contribution < 1.29 is 14.4 Å². The molecule has 2 aliphatic rings. The molecule has 1 atom stereocenters. The Balaban J connectivity index is 1.52. The summed E-state index contributed by atoms with van der Waals surface area (Å²) < 4.78 is 0. The van der Waals surface area contributed by atoms with E-state index in [2.05, 4.69) is 15.6 Å². The van der Waals surface area contributed by atoms with Crippen molar-refractivity contribution in [2.24, 2.45) is 0 Å². The number of rotatable bonds is 3. The third-order valence-corrected chi connectivity index (χ3v) is 5.64. The standard InChI is InChI=1S/C19H20N4O3S/c24-16-5-1-3-12-11-13(6-7-14(12)21-16)18(26)23-9-2-4-15(23)17(25)22-19-20-8-10-27-19/h6-8,10-11,15H,1-5,9H2,(H,21,24)(H,20,22,25)/t15-/m0/s1. The maximum atomic E-state index is 13.0. The fraction of sp³-hybridized carbons (Fsp3) is 0.368. The molecule has 0 unspecified atom stereocenters. The molecule has 1 fully saturated rings. The third kappa shape index (κ3) is 3.71. The van der Waals surface area contributed by atoms with Crippen LogP contribution in [0.2, 0.25) is 0 Å². The molecule has 7 nitrogen and oxygen atoms in total. The van der Waals surface area contributed by atoms with Crippen molar-refractivity contribution in [3.63, 3.8) is 0 Å². The van der Waals surface area contributed by atoms with Gasteiger partial charge in [-0.05, 0) is 49.4 Å². The first kappa shape index (κ1) is 17.7. The summed E-state index contributed by atoms with van der Waals surface area (Å²) in [5.74, 6) is -0.339. The van der Waals surface area contributed by atoms with Crippen LogP contribution in [0, 0.1) is 0 Å². The zero-order chi connectivity index (χ0) is 18.8. The van der Waals surface area contributed by atoms with E-state index < -0.39 is 6.04 Å². The van der Waals surface area contributed by atoms with Crippen LogP contribution in [0.4, 0.5) is 10.8 Å². The minimum absolute atomic E-state index is 0.00583. The van der Waals surface area contributed by atoms with Gasteiger partial charge in [-0.1, -0.05) is 0 Å². The molecule has 0 bridgehead atoms. The third-order valence-electron chi connectivity index (χ3n) is 4.95. The quantitative estimate of drug-likeness (QED) is 0.851. The van der Waals surface area contributed by atoms with Gasteiger partial charge in [-0.3, -0.25) is 14.4 Å². The second-order valence-corrected chi connectivity index (χ2v) is 7.65. The average Bonchev–Trinajstić information content (AvgIpc) is 3.30. The Labute approximate surface area is 160 Å². The summed E-state index contributed by atoms with van der Waals surface area (Å²) in [6.45, 7) is 0.558. The maximum Gasteiger partial charge on any atom is 0.254 e.